The molecule has 0 bridgehead atoms. The molecule has 2 unspecified atom stereocenters. The van der Waals surface area contributed by atoms with Crippen LogP contribution in [0.4, 0.5) is 5.69 Å². The number of anilines is 1. The molecule has 0 saturated heterocycles. The molecule has 0 fully saturated rings. The molecule has 104 valence electrons. The molecule has 3 heteroatoms. The molecule has 1 aromatic carbocycles. The van der Waals surface area contributed by atoms with Crippen molar-refractivity contribution >= 4 is 5.69 Å². The van der Waals surface area contributed by atoms with Crippen LogP contribution in [0.1, 0.15) is 38.8 Å². The van der Waals surface area contributed by atoms with Crippen LogP contribution in [0.15, 0.2) is 24.3 Å². The molecule has 19 heavy (non-hydrogen) atoms. The van der Waals surface area contributed by atoms with E-state index in [2.05, 4.69) is 54.4 Å². The van der Waals surface area contributed by atoms with Gasteiger partial charge in [0.05, 0.1) is 12.0 Å². The smallest absolute Gasteiger partial charge is 0.0671 e. The minimum absolute atomic E-state index is 0.0559. The zero-order chi connectivity index (χ0) is 14.3. The Kier molecular flexibility index (Phi) is 6.38. The zero-order valence-corrected chi connectivity index (χ0v) is 12.5. The Labute approximate surface area is 117 Å². The van der Waals surface area contributed by atoms with E-state index in [0.717, 1.165) is 19.5 Å². The quantitative estimate of drug-likeness (QED) is 0.816. The van der Waals surface area contributed by atoms with Gasteiger partial charge in [0, 0.05) is 24.8 Å². The Balaban J connectivity index is 2.81. The first-order valence-electron chi connectivity index (χ1n) is 7.08. The summed E-state index contributed by atoms with van der Waals surface area (Å²) in [7, 11) is 2.00. The molecule has 0 aliphatic rings. The molecule has 3 nitrogen and oxygen atoms in total. The average Bonchev–Trinajstić information content (AvgIpc) is 2.46. The highest BCUT2D eigenvalue weighted by molar-refractivity contribution is 5.48. The minimum Gasteiger partial charge on any atom is -0.371 e. The maximum absolute atomic E-state index is 8.92. The summed E-state index contributed by atoms with van der Waals surface area (Å²) in [6, 6.07) is 11.4. The van der Waals surface area contributed by atoms with Gasteiger partial charge in [0.1, 0.15) is 0 Å². The van der Waals surface area contributed by atoms with E-state index in [0.29, 0.717) is 6.04 Å². The third kappa shape index (κ3) is 4.25. The van der Waals surface area contributed by atoms with Gasteiger partial charge in [0.15, 0.2) is 0 Å². The molecular weight excluding hydrogens is 234 g/mol. The molecule has 0 aromatic heterocycles. The van der Waals surface area contributed by atoms with E-state index in [-0.39, 0.29) is 5.92 Å². The molecular formula is C16H25N3. The van der Waals surface area contributed by atoms with Gasteiger partial charge in [-0.2, -0.15) is 5.26 Å². The summed E-state index contributed by atoms with van der Waals surface area (Å²) >= 11 is 0. The van der Waals surface area contributed by atoms with Gasteiger partial charge in [-0.25, -0.2) is 0 Å². The number of hydrogen-bond acceptors (Lipinski definition) is 3. The Morgan fingerprint density at radius 3 is 2.32 bits per heavy atom. The second-order valence-corrected chi connectivity index (χ2v) is 4.91. The summed E-state index contributed by atoms with van der Waals surface area (Å²) in [5, 5.41) is 12.2. The second-order valence-electron chi connectivity index (χ2n) is 4.91. The Hall–Kier alpha value is -1.53. The first-order chi connectivity index (χ1) is 9.15. The maximum atomic E-state index is 8.92. The highest BCUT2D eigenvalue weighted by Crippen LogP contribution is 2.21. The topological polar surface area (TPSA) is 39.1 Å². The SMILES string of the molecule is CCC(NC)c1ccc(N(CC)CC(C)C#N)cc1. The monoisotopic (exact) mass is 259 g/mol. The molecule has 0 radical (unpaired) electrons. The first kappa shape index (κ1) is 15.5. The van der Waals surface area contributed by atoms with E-state index in [4.69, 9.17) is 5.26 Å². The second kappa shape index (κ2) is 7.81. The zero-order valence-electron chi connectivity index (χ0n) is 12.5. The third-order valence-corrected chi connectivity index (χ3v) is 3.51. The highest BCUT2D eigenvalue weighted by atomic mass is 15.1. The molecule has 1 aromatic rings. The first-order valence-corrected chi connectivity index (χ1v) is 7.08. The van der Waals surface area contributed by atoms with Crippen LogP contribution in [-0.4, -0.2) is 20.1 Å². The van der Waals surface area contributed by atoms with Crippen molar-refractivity contribution in [3.8, 4) is 6.07 Å². The Morgan fingerprint density at radius 2 is 1.89 bits per heavy atom. The van der Waals surface area contributed by atoms with Crippen molar-refractivity contribution in [3.63, 3.8) is 0 Å². The molecule has 1 N–H and O–H groups in total. The van der Waals surface area contributed by atoms with Crippen molar-refractivity contribution in [1.82, 2.24) is 5.32 Å². The average molecular weight is 259 g/mol. The van der Waals surface area contributed by atoms with Crippen LogP contribution in [0.2, 0.25) is 0 Å². The predicted molar refractivity (Wildman–Crippen MR) is 81.2 cm³/mol. The Morgan fingerprint density at radius 1 is 1.26 bits per heavy atom. The summed E-state index contributed by atoms with van der Waals surface area (Å²) in [4.78, 5) is 2.25. The van der Waals surface area contributed by atoms with E-state index >= 15 is 0 Å². The third-order valence-electron chi connectivity index (χ3n) is 3.51. The molecule has 0 heterocycles. The van der Waals surface area contributed by atoms with Gasteiger partial charge >= 0.3 is 0 Å². The van der Waals surface area contributed by atoms with Crippen LogP contribution in [0, 0.1) is 17.2 Å². The summed E-state index contributed by atoms with van der Waals surface area (Å²) in [6.07, 6.45) is 1.08. The molecule has 0 spiro atoms. The molecule has 2 atom stereocenters. The van der Waals surface area contributed by atoms with Crippen LogP contribution < -0.4 is 10.2 Å². The van der Waals surface area contributed by atoms with Crippen molar-refractivity contribution < 1.29 is 0 Å². The predicted octanol–water partition coefficient (Wildman–Crippen LogP) is 3.34. The van der Waals surface area contributed by atoms with Crippen LogP contribution >= 0.6 is 0 Å². The van der Waals surface area contributed by atoms with Crippen LogP contribution in [0.25, 0.3) is 0 Å². The Bertz CT molecular complexity index is 401. The highest BCUT2D eigenvalue weighted by Gasteiger charge is 2.10. The lowest BCUT2D eigenvalue weighted by Gasteiger charge is -2.25. The summed E-state index contributed by atoms with van der Waals surface area (Å²) in [5.41, 5.74) is 2.51. The fourth-order valence-corrected chi connectivity index (χ4v) is 2.31. The van der Waals surface area contributed by atoms with Gasteiger partial charge in [-0.1, -0.05) is 19.1 Å². The summed E-state index contributed by atoms with van der Waals surface area (Å²) in [6.45, 7) is 7.98. The lowest BCUT2D eigenvalue weighted by Crippen LogP contribution is -2.27. The number of nitriles is 1. The number of nitrogens with zero attached hydrogens (tertiary/aromatic N) is 2. The number of rotatable bonds is 7. The van der Waals surface area contributed by atoms with Gasteiger partial charge in [-0.05, 0) is 45.0 Å². The fourth-order valence-electron chi connectivity index (χ4n) is 2.31. The summed E-state index contributed by atoms with van der Waals surface area (Å²) < 4.78 is 0. The van der Waals surface area contributed by atoms with Crippen LogP contribution in [0.5, 0.6) is 0 Å². The molecule has 0 aliphatic heterocycles. The van der Waals surface area contributed by atoms with Gasteiger partial charge in [0.2, 0.25) is 0 Å². The van der Waals surface area contributed by atoms with Crippen molar-refractivity contribution in [2.45, 2.75) is 33.2 Å². The van der Waals surface area contributed by atoms with Crippen molar-refractivity contribution in [2.75, 3.05) is 25.0 Å². The van der Waals surface area contributed by atoms with Gasteiger partial charge < -0.3 is 10.2 Å². The van der Waals surface area contributed by atoms with Gasteiger partial charge in [-0.15, -0.1) is 0 Å². The van der Waals surface area contributed by atoms with Crippen molar-refractivity contribution in [2.24, 2.45) is 5.92 Å². The summed E-state index contributed by atoms with van der Waals surface area (Å²) in [5.74, 6) is 0.0559. The van der Waals surface area contributed by atoms with Crippen LogP contribution in [0.3, 0.4) is 0 Å². The molecule has 0 amide bonds. The van der Waals surface area contributed by atoms with E-state index in [1.807, 2.05) is 14.0 Å². The van der Waals surface area contributed by atoms with E-state index < -0.39 is 0 Å². The largest absolute Gasteiger partial charge is 0.371 e. The molecule has 1 rings (SSSR count). The van der Waals surface area contributed by atoms with E-state index in [1.165, 1.54) is 11.3 Å². The lowest BCUT2D eigenvalue weighted by atomic mass is 10.0. The lowest BCUT2D eigenvalue weighted by molar-refractivity contribution is 0.577. The number of benzene rings is 1. The van der Waals surface area contributed by atoms with Crippen molar-refractivity contribution in [3.05, 3.63) is 29.8 Å². The minimum atomic E-state index is 0.0559. The number of nitrogens with one attached hydrogen (secondary N) is 1. The van der Waals surface area contributed by atoms with Crippen molar-refractivity contribution in [1.29, 1.82) is 5.26 Å². The maximum Gasteiger partial charge on any atom is 0.0671 e. The fraction of sp³-hybridized carbons (Fsp3) is 0.562. The molecule has 0 saturated carbocycles. The van der Waals surface area contributed by atoms with Gasteiger partial charge in [-0.3, -0.25) is 0 Å². The van der Waals surface area contributed by atoms with Crippen LogP contribution in [-0.2, 0) is 0 Å². The number of hydrogen-bond donors (Lipinski definition) is 1. The van der Waals surface area contributed by atoms with E-state index in [1.54, 1.807) is 0 Å². The standard InChI is InChI=1S/C16H25N3/c1-5-16(18-4)14-7-9-15(10-8-14)19(6-2)12-13(3)11-17/h7-10,13,16,18H,5-6,12H2,1-4H3. The normalized spacial score (nSPS) is 13.6. The molecule has 0 aliphatic carbocycles. The van der Waals surface area contributed by atoms with E-state index in [9.17, 15) is 0 Å². The van der Waals surface area contributed by atoms with Gasteiger partial charge in [0.25, 0.3) is 0 Å².